The number of nitro groups is 1. The number of nitrogens with zero attached hydrogens (tertiary/aromatic N) is 3. The molecule has 2 aromatic carbocycles. The molecule has 13 heteroatoms. The van der Waals surface area contributed by atoms with Crippen LogP contribution in [0.1, 0.15) is 25.7 Å². The quantitative estimate of drug-likeness (QED) is 0.118. The molecular weight excluding hydrogens is 557 g/mol. The summed E-state index contributed by atoms with van der Waals surface area (Å²) in [5, 5.41) is 17.2. The van der Waals surface area contributed by atoms with Crippen molar-refractivity contribution in [2.45, 2.75) is 32.2 Å². The van der Waals surface area contributed by atoms with Gasteiger partial charge in [-0.3, -0.25) is 19.9 Å². The monoisotopic (exact) mass is 585 g/mol. The molecule has 1 aliphatic rings. The molecule has 0 bridgehead atoms. The first-order valence-electron chi connectivity index (χ1n) is 11.8. The maximum atomic E-state index is 13.7. The van der Waals surface area contributed by atoms with Crippen LogP contribution in [-0.4, -0.2) is 40.9 Å². The summed E-state index contributed by atoms with van der Waals surface area (Å²) in [5.41, 5.74) is 6.60. The van der Waals surface area contributed by atoms with Crippen LogP contribution in [0.15, 0.2) is 41.3 Å². The summed E-state index contributed by atoms with van der Waals surface area (Å²) in [5.74, 6) is 1.23. The van der Waals surface area contributed by atoms with Crippen LogP contribution in [0.2, 0.25) is 0 Å². The standard InChI is InChI=1S/C25H27N5O5.3ClH/c26-7-9-27-8-3-1-2-4-10-29-24-19-12-22-23(35-15-34-22)13-21(19)28-14-20(24)17-6-5-16(30(32)33)11-18(17)25(29)31;;;/h5-6,11-14,27H,1-4,7-10,15,26H2;3*1H. The predicted molar refractivity (Wildman–Crippen MR) is 156 cm³/mol. The van der Waals surface area contributed by atoms with Crippen molar-refractivity contribution in [1.82, 2.24) is 14.9 Å². The van der Waals surface area contributed by atoms with Crippen molar-refractivity contribution >= 4 is 75.5 Å². The molecule has 1 aliphatic heterocycles. The number of unbranched alkanes of at least 4 members (excludes halogenated alkanes) is 3. The third kappa shape index (κ3) is 6.05. The topological polar surface area (TPSA) is 135 Å². The lowest BCUT2D eigenvalue weighted by Crippen LogP contribution is -2.23. The number of hydrogen-bond acceptors (Lipinski definition) is 8. The number of hydrogen-bond donors (Lipinski definition) is 2. The van der Waals surface area contributed by atoms with Crippen molar-refractivity contribution < 1.29 is 14.4 Å². The molecule has 0 aliphatic carbocycles. The molecule has 0 atom stereocenters. The van der Waals surface area contributed by atoms with E-state index in [4.69, 9.17) is 15.2 Å². The number of ether oxygens (including phenoxy) is 2. The smallest absolute Gasteiger partial charge is 0.270 e. The largest absolute Gasteiger partial charge is 0.454 e. The van der Waals surface area contributed by atoms with Gasteiger partial charge in [-0.25, -0.2) is 0 Å². The molecule has 38 heavy (non-hydrogen) atoms. The fourth-order valence-electron chi connectivity index (χ4n) is 4.67. The van der Waals surface area contributed by atoms with Crippen LogP contribution in [0.25, 0.3) is 32.6 Å². The Labute approximate surface area is 237 Å². The second-order valence-corrected chi connectivity index (χ2v) is 8.64. The van der Waals surface area contributed by atoms with Crippen molar-refractivity contribution in [3.8, 4) is 11.5 Å². The Morgan fingerprint density at radius 3 is 2.42 bits per heavy atom. The normalized spacial score (nSPS) is 11.7. The van der Waals surface area contributed by atoms with E-state index in [0.717, 1.165) is 55.1 Å². The molecule has 0 saturated heterocycles. The first-order chi connectivity index (χ1) is 17.1. The molecule has 0 saturated carbocycles. The first kappa shape index (κ1) is 31.3. The minimum absolute atomic E-state index is 0. The molecule has 0 amide bonds. The second-order valence-electron chi connectivity index (χ2n) is 8.64. The van der Waals surface area contributed by atoms with Crippen LogP contribution in [-0.2, 0) is 6.54 Å². The summed E-state index contributed by atoms with van der Waals surface area (Å²) in [6, 6.07) is 8.11. The van der Waals surface area contributed by atoms with Crippen molar-refractivity contribution in [1.29, 1.82) is 0 Å². The van der Waals surface area contributed by atoms with E-state index < -0.39 is 4.92 Å². The van der Waals surface area contributed by atoms with Crippen LogP contribution < -0.4 is 26.1 Å². The lowest BCUT2D eigenvalue weighted by molar-refractivity contribution is -0.384. The molecule has 206 valence electrons. The minimum atomic E-state index is -0.481. The van der Waals surface area contributed by atoms with E-state index in [-0.39, 0.29) is 55.3 Å². The summed E-state index contributed by atoms with van der Waals surface area (Å²) >= 11 is 0. The Kier molecular flexibility index (Phi) is 11.4. The number of aromatic nitrogens is 2. The molecule has 2 aromatic heterocycles. The number of non-ortho nitro benzene ring substituents is 1. The highest BCUT2D eigenvalue weighted by atomic mass is 35.5. The summed E-state index contributed by atoms with van der Waals surface area (Å²) < 4.78 is 12.8. The van der Waals surface area contributed by atoms with Gasteiger partial charge in [-0.15, -0.1) is 37.2 Å². The number of fused-ring (bicyclic) bond motifs is 6. The fraction of sp³-hybridized carbons (Fsp3) is 0.360. The fourth-order valence-corrected chi connectivity index (χ4v) is 4.67. The van der Waals surface area contributed by atoms with E-state index in [1.54, 1.807) is 16.8 Å². The van der Waals surface area contributed by atoms with Gasteiger partial charge in [0.15, 0.2) is 11.5 Å². The molecule has 3 heterocycles. The summed E-state index contributed by atoms with van der Waals surface area (Å²) in [4.78, 5) is 29.2. The number of nitrogens with one attached hydrogen (secondary N) is 1. The van der Waals surface area contributed by atoms with Crippen molar-refractivity contribution in [2.75, 3.05) is 26.4 Å². The molecule has 0 unspecified atom stereocenters. The van der Waals surface area contributed by atoms with E-state index in [2.05, 4.69) is 10.3 Å². The zero-order chi connectivity index (χ0) is 24.4. The summed E-state index contributed by atoms with van der Waals surface area (Å²) in [6.45, 7) is 2.99. The molecule has 0 spiro atoms. The van der Waals surface area contributed by atoms with Gasteiger partial charge >= 0.3 is 0 Å². The zero-order valence-corrected chi connectivity index (χ0v) is 23.0. The zero-order valence-electron chi connectivity index (χ0n) is 20.5. The molecule has 4 aromatic rings. The van der Waals surface area contributed by atoms with Gasteiger partial charge < -0.3 is 25.1 Å². The number of benzene rings is 2. The second kappa shape index (κ2) is 13.8. The summed E-state index contributed by atoms with van der Waals surface area (Å²) in [7, 11) is 0. The SMILES string of the molecule is Cl.Cl.Cl.NCCNCCCCCCn1c(=O)c2cc([N+](=O)[O-])ccc2c2cnc3cc4c(cc3c21)OCO4. The molecule has 0 radical (unpaired) electrons. The predicted octanol–water partition coefficient (Wildman–Crippen LogP) is 4.71. The van der Waals surface area contributed by atoms with Crippen LogP contribution in [0.4, 0.5) is 5.69 Å². The molecule has 3 N–H and O–H groups in total. The number of nitro benzene ring substituents is 1. The number of rotatable bonds is 10. The highest BCUT2D eigenvalue weighted by molar-refractivity contribution is 6.14. The minimum Gasteiger partial charge on any atom is -0.454 e. The molecular formula is C25H30Cl3N5O5. The van der Waals surface area contributed by atoms with Gasteiger partial charge in [0.25, 0.3) is 11.2 Å². The third-order valence-electron chi connectivity index (χ3n) is 6.39. The van der Waals surface area contributed by atoms with Crippen LogP contribution in [0.3, 0.4) is 0 Å². The van der Waals surface area contributed by atoms with E-state index in [0.29, 0.717) is 40.9 Å². The van der Waals surface area contributed by atoms with E-state index in [1.807, 2.05) is 12.1 Å². The van der Waals surface area contributed by atoms with Crippen molar-refractivity contribution in [3.63, 3.8) is 0 Å². The summed E-state index contributed by atoms with van der Waals surface area (Å²) in [6.07, 6.45) is 5.56. The molecule has 10 nitrogen and oxygen atoms in total. The Morgan fingerprint density at radius 1 is 0.947 bits per heavy atom. The lowest BCUT2D eigenvalue weighted by atomic mass is 10.0. The number of pyridine rings is 2. The van der Waals surface area contributed by atoms with Gasteiger partial charge in [-0.1, -0.05) is 12.8 Å². The van der Waals surface area contributed by atoms with Gasteiger partial charge in [-0.2, -0.15) is 0 Å². The Bertz CT molecular complexity index is 1500. The number of aryl methyl sites for hydroxylation is 1. The van der Waals surface area contributed by atoms with Gasteiger partial charge in [0.2, 0.25) is 6.79 Å². The first-order valence-corrected chi connectivity index (χ1v) is 11.8. The van der Waals surface area contributed by atoms with E-state index in [9.17, 15) is 14.9 Å². The van der Waals surface area contributed by atoms with Gasteiger partial charge in [0.1, 0.15) is 0 Å². The molecule has 5 rings (SSSR count). The van der Waals surface area contributed by atoms with Crippen LogP contribution >= 0.6 is 37.2 Å². The molecule has 0 fully saturated rings. The van der Waals surface area contributed by atoms with Crippen LogP contribution in [0, 0.1) is 10.1 Å². The van der Waals surface area contributed by atoms with Crippen molar-refractivity contribution in [3.05, 3.63) is 57.0 Å². The highest BCUT2D eigenvalue weighted by Crippen LogP contribution is 2.38. The van der Waals surface area contributed by atoms with Gasteiger partial charge in [-0.05, 0) is 36.9 Å². The Hall–Kier alpha value is -2.89. The van der Waals surface area contributed by atoms with Gasteiger partial charge in [0, 0.05) is 54.8 Å². The maximum Gasteiger partial charge on any atom is 0.270 e. The Balaban J connectivity index is 0.00000169. The Morgan fingerprint density at radius 2 is 1.68 bits per heavy atom. The average Bonchev–Trinajstić information content (AvgIpc) is 3.32. The van der Waals surface area contributed by atoms with E-state index >= 15 is 0 Å². The lowest BCUT2D eigenvalue weighted by Gasteiger charge is -2.15. The maximum absolute atomic E-state index is 13.7. The third-order valence-corrected chi connectivity index (χ3v) is 6.39. The van der Waals surface area contributed by atoms with Crippen LogP contribution in [0.5, 0.6) is 11.5 Å². The average molecular weight is 587 g/mol. The number of nitrogens with two attached hydrogens (primary N) is 1. The van der Waals surface area contributed by atoms with E-state index in [1.165, 1.54) is 12.1 Å². The van der Waals surface area contributed by atoms with Crippen molar-refractivity contribution in [2.24, 2.45) is 5.73 Å². The van der Waals surface area contributed by atoms with Gasteiger partial charge in [0.05, 0.1) is 21.3 Å². The number of halogens is 3. The highest BCUT2D eigenvalue weighted by Gasteiger charge is 2.20.